The standard InChI is InChI=1S/C15H21N3O3S/c1-10(11-16-6-8-22-11)12(19)18-7-4-5-15(9-18)17-13(20)14(2,3)21-15/h6,8,10H,4-5,7,9H2,1-3H3,(H,17,20). The summed E-state index contributed by atoms with van der Waals surface area (Å²) < 4.78 is 5.97. The van der Waals surface area contributed by atoms with Crippen LogP contribution in [0.25, 0.3) is 0 Å². The number of carbonyl (C=O) groups is 2. The minimum absolute atomic E-state index is 0.0385. The number of hydrogen-bond acceptors (Lipinski definition) is 5. The van der Waals surface area contributed by atoms with E-state index in [1.807, 2.05) is 12.3 Å². The predicted molar refractivity (Wildman–Crippen MR) is 82.4 cm³/mol. The van der Waals surface area contributed by atoms with Crippen LogP contribution >= 0.6 is 11.3 Å². The zero-order chi connectivity index (χ0) is 16.0. The normalized spacial score (nSPS) is 28.7. The van der Waals surface area contributed by atoms with Gasteiger partial charge in [-0.25, -0.2) is 4.98 Å². The summed E-state index contributed by atoms with van der Waals surface area (Å²) in [5.74, 6) is -0.341. The van der Waals surface area contributed by atoms with Crippen molar-refractivity contribution in [3.8, 4) is 0 Å². The summed E-state index contributed by atoms with van der Waals surface area (Å²) in [5, 5.41) is 5.65. The third-order valence-corrected chi connectivity index (χ3v) is 5.26. The highest BCUT2D eigenvalue weighted by molar-refractivity contribution is 7.09. The van der Waals surface area contributed by atoms with Gasteiger partial charge in [0.05, 0.1) is 12.5 Å². The maximum atomic E-state index is 12.7. The molecule has 1 spiro atoms. The summed E-state index contributed by atoms with van der Waals surface area (Å²) in [4.78, 5) is 30.7. The van der Waals surface area contributed by atoms with Crippen molar-refractivity contribution >= 4 is 23.2 Å². The molecule has 3 heterocycles. The van der Waals surface area contributed by atoms with Crippen LogP contribution in [0.5, 0.6) is 0 Å². The number of carbonyl (C=O) groups excluding carboxylic acids is 2. The Morgan fingerprint density at radius 2 is 2.32 bits per heavy atom. The van der Waals surface area contributed by atoms with Crippen molar-refractivity contribution in [1.29, 1.82) is 0 Å². The van der Waals surface area contributed by atoms with E-state index in [1.54, 1.807) is 24.9 Å². The number of amides is 2. The van der Waals surface area contributed by atoms with Gasteiger partial charge in [-0.2, -0.15) is 0 Å². The number of nitrogens with one attached hydrogen (secondary N) is 1. The molecule has 1 N–H and O–H groups in total. The van der Waals surface area contributed by atoms with Crippen LogP contribution in [-0.4, -0.2) is 46.1 Å². The summed E-state index contributed by atoms with van der Waals surface area (Å²) in [6.07, 6.45) is 3.26. The van der Waals surface area contributed by atoms with E-state index in [4.69, 9.17) is 4.74 Å². The number of piperidine rings is 1. The van der Waals surface area contributed by atoms with Gasteiger partial charge < -0.3 is 15.0 Å². The molecule has 2 aliphatic rings. The first-order valence-corrected chi connectivity index (χ1v) is 8.42. The smallest absolute Gasteiger partial charge is 0.254 e. The van der Waals surface area contributed by atoms with Crippen LogP contribution in [0.15, 0.2) is 11.6 Å². The van der Waals surface area contributed by atoms with Gasteiger partial charge in [0.1, 0.15) is 10.6 Å². The van der Waals surface area contributed by atoms with Crippen LogP contribution in [0.4, 0.5) is 0 Å². The Morgan fingerprint density at radius 3 is 2.91 bits per heavy atom. The first-order valence-electron chi connectivity index (χ1n) is 7.54. The van der Waals surface area contributed by atoms with E-state index in [1.165, 1.54) is 11.3 Å². The molecular weight excluding hydrogens is 302 g/mol. The van der Waals surface area contributed by atoms with Crippen molar-refractivity contribution in [3.63, 3.8) is 0 Å². The van der Waals surface area contributed by atoms with E-state index in [2.05, 4.69) is 10.3 Å². The number of likely N-dealkylation sites (tertiary alicyclic amines) is 1. The van der Waals surface area contributed by atoms with Crippen LogP contribution in [0.2, 0.25) is 0 Å². The molecule has 2 atom stereocenters. The van der Waals surface area contributed by atoms with Gasteiger partial charge in [0.25, 0.3) is 5.91 Å². The maximum Gasteiger partial charge on any atom is 0.254 e. The van der Waals surface area contributed by atoms with E-state index in [9.17, 15) is 9.59 Å². The molecule has 0 aromatic carbocycles. The zero-order valence-corrected chi connectivity index (χ0v) is 13.9. The molecule has 1 aromatic rings. The van der Waals surface area contributed by atoms with Gasteiger partial charge in [-0.05, 0) is 33.6 Å². The molecule has 2 fully saturated rings. The van der Waals surface area contributed by atoms with E-state index in [0.29, 0.717) is 13.1 Å². The number of ether oxygens (including phenoxy) is 1. The van der Waals surface area contributed by atoms with Gasteiger partial charge in [-0.1, -0.05) is 0 Å². The fourth-order valence-electron chi connectivity index (χ4n) is 3.14. The molecule has 0 bridgehead atoms. The number of nitrogens with zero attached hydrogens (tertiary/aromatic N) is 2. The number of thiazole rings is 1. The van der Waals surface area contributed by atoms with Gasteiger partial charge in [0.15, 0.2) is 5.72 Å². The van der Waals surface area contributed by atoms with Gasteiger partial charge in [-0.15, -0.1) is 11.3 Å². The molecule has 22 heavy (non-hydrogen) atoms. The Hall–Kier alpha value is -1.47. The molecule has 0 saturated carbocycles. The number of aromatic nitrogens is 1. The largest absolute Gasteiger partial charge is 0.338 e. The molecule has 2 amide bonds. The van der Waals surface area contributed by atoms with Crippen molar-refractivity contribution < 1.29 is 14.3 Å². The Bertz CT molecular complexity index is 587. The Kier molecular flexibility index (Phi) is 3.72. The SMILES string of the molecule is CC(C(=O)N1CCCC2(C1)NC(=O)C(C)(C)O2)c1nccs1. The topological polar surface area (TPSA) is 71.5 Å². The van der Waals surface area contributed by atoms with Crippen LogP contribution in [0, 0.1) is 0 Å². The monoisotopic (exact) mass is 323 g/mol. The predicted octanol–water partition coefficient (Wildman–Crippen LogP) is 1.49. The third-order valence-electron chi connectivity index (χ3n) is 4.30. The fourth-order valence-corrected chi connectivity index (χ4v) is 3.83. The lowest BCUT2D eigenvalue weighted by atomic mass is 10.00. The average Bonchev–Trinajstić information content (AvgIpc) is 3.05. The van der Waals surface area contributed by atoms with Crippen LogP contribution in [0.1, 0.15) is 44.5 Å². The average molecular weight is 323 g/mol. The van der Waals surface area contributed by atoms with Crippen molar-refractivity contribution in [3.05, 3.63) is 16.6 Å². The molecule has 0 radical (unpaired) electrons. The summed E-state index contributed by atoms with van der Waals surface area (Å²) in [7, 11) is 0. The lowest BCUT2D eigenvalue weighted by Crippen LogP contribution is -2.57. The van der Waals surface area contributed by atoms with Gasteiger partial charge in [0, 0.05) is 18.1 Å². The Balaban J connectivity index is 1.74. The summed E-state index contributed by atoms with van der Waals surface area (Å²) >= 11 is 1.49. The molecule has 7 heteroatoms. The molecule has 120 valence electrons. The highest BCUT2D eigenvalue weighted by atomic mass is 32.1. The van der Waals surface area contributed by atoms with Crippen LogP contribution in [-0.2, 0) is 14.3 Å². The van der Waals surface area contributed by atoms with Gasteiger partial charge in [-0.3, -0.25) is 9.59 Å². The molecule has 2 saturated heterocycles. The number of rotatable bonds is 2. The summed E-state index contributed by atoms with van der Waals surface area (Å²) in [5.41, 5.74) is -1.58. The van der Waals surface area contributed by atoms with E-state index in [-0.39, 0.29) is 17.7 Å². The highest BCUT2D eigenvalue weighted by Crippen LogP contribution is 2.34. The van der Waals surface area contributed by atoms with Crippen LogP contribution in [0.3, 0.4) is 0 Å². The van der Waals surface area contributed by atoms with Crippen LogP contribution < -0.4 is 5.32 Å². The lowest BCUT2D eigenvalue weighted by Gasteiger charge is -2.40. The zero-order valence-electron chi connectivity index (χ0n) is 13.1. The molecular formula is C15H21N3O3S. The first-order chi connectivity index (χ1) is 10.3. The van der Waals surface area contributed by atoms with Crippen molar-refractivity contribution in [2.45, 2.75) is 50.9 Å². The Morgan fingerprint density at radius 1 is 1.55 bits per heavy atom. The maximum absolute atomic E-state index is 12.7. The van der Waals surface area contributed by atoms with Gasteiger partial charge >= 0.3 is 0 Å². The molecule has 3 rings (SSSR count). The molecule has 1 aromatic heterocycles. The molecule has 0 aliphatic carbocycles. The highest BCUT2D eigenvalue weighted by Gasteiger charge is 2.52. The second-order valence-corrected chi connectivity index (χ2v) is 7.44. The molecule has 2 unspecified atom stereocenters. The van der Waals surface area contributed by atoms with Crippen molar-refractivity contribution in [2.75, 3.05) is 13.1 Å². The second-order valence-electron chi connectivity index (χ2n) is 6.52. The lowest BCUT2D eigenvalue weighted by molar-refractivity contribution is -0.153. The number of hydrogen-bond donors (Lipinski definition) is 1. The first kappa shape index (κ1) is 15.4. The Labute approximate surface area is 133 Å². The molecule has 2 aliphatic heterocycles. The van der Waals surface area contributed by atoms with Crippen molar-refractivity contribution in [1.82, 2.24) is 15.2 Å². The fraction of sp³-hybridized carbons (Fsp3) is 0.667. The summed E-state index contributed by atoms with van der Waals surface area (Å²) in [6.45, 7) is 6.49. The van der Waals surface area contributed by atoms with Crippen molar-refractivity contribution in [2.24, 2.45) is 0 Å². The van der Waals surface area contributed by atoms with E-state index in [0.717, 1.165) is 17.8 Å². The quantitative estimate of drug-likeness (QED) is 0.895. The third kappa shape index (κ3) is 2.63. The van der Waals surface area contributed by atoms with E-state index >= 15 is 0 Å². The minimum atomic E-state index is -0.840. The van der Waals surface area contributed by atoms with Gasteiger partial charge in [0.2, 0.25) is 5.91 Å². The molecule has 6 nitrogen and oxygen atoms in total. The van der Waals surface area contributed by atoms with E-state index < -0.39 is 11.3 Å². The summed E-state index contributed by atoms with van der Waals surface area (Å²) in [6, 6.07) is 0. The second kappa shape index (κ2) is 5.31. The minimum Gasteiger partial charge on any atom is -0.338 e.